The van der Waals surface area contributed by atoms with Gasteiger partial charge in [0, 0.05) is 24.5 Å². The lowest BCUT2D eigenvalue weighted by Crippen LogP contribution is -2.27. The van der Waals surface area contributed by atoms with Crippen LogP contribution in [0.3, 0.4) is 0 Å². The van der Waals surface area contributed by atoms with Crippen molar-refractivity contribution < 1.29 is 4.79 Å². The number of aromatic nitrogens is 2. The van der Waals surface area contributed by atoms with Crippen LogP contribution in [0.15, 0.2) is 30.5 Å². The number of carbonyl (C=O) groups excluding carboxylic acids is 1. The highest BCUT2D eigenvalue weighted by molar-refractivity contribution is 6.04. The summed E-state index contributed by atoms with van der Waals surface area (Å²) >= 11 is 0. The van der Waals surface area contributed by atoms with E-state index in [-0.39, 0.29) is 5.91 Å². The molecule has 2 aromatic rings. The Morgan fingerprint density at radius 3 is 2.78 bits per heavy atom. The van der Waals surface area contributed by atoms with Crippen LogP contribution in [0, 0.1) is 19.3 Å². The minimum absolute atomic E-state index is 0.135. The predicted molar refractivity (Wildman–Crippen MR) is 70.4 cm³/mol. The smallest absolute Gasteiger partial charge is 0.276 e. The second-order valence-corrected chi connectivity index (χ2v) is 3.98. The van der Waals surface area contributed by atoms with E-state index in [0.717, 1.165) is 16.8 Å². The fraction of sp³-hybridized carbons (Fsp3) is 0.143. The molecule has 4 heteroatoms. The molecule has 4 nitrogen and oxygen atoms in total. The summed E-state index contributed by atoms with van der Waals surface area (Å²) < 4.78 is 0. The van der Waals surface area contributed by atoms with Crippen molar-refractivity contribution in [3.8, 4) is 12.3 Å². The first-order valence-electron chi connectivity index (χ1n) is 5.48. The Kier molecular flexibility index (Phi) is 3.16. The van der Waals surface area contributed by atoms with E-state index in [1.165, 1.54) is 0 Å². The number of aryl methyl sites for hydroxylation is 1. The predicted octanol–water partition coefficient (Wildman–Crippen LogP) is 1.98. The largest absolute Gasteiger partial charge is 0.310 e. The van der Waals surface area contributed by atoms with Crippen LogP contribution in [-0.2, 0) is 0 Å². The molecule has 90 valence electrons. The zero-order valence-electron chi connectivity index (χ0n) is 10.3. The maximum absolute atomic E-state index is 12.1. The normalized spacial score (nSPS) is 9.83. The van der Waals surface area contributed by atoms with Crippen LogP contribution in [0.4, 0.5) is 5.69 Å². The lowest BCUT2D eigenvalue weighted by molar-refractivity contribution is 0.0988. The molecule has 0 aliphatic carbocycles. The van der Waals surface area contributed by atoms with E-state index in [9.17, 15) is 4.79 Å². The first-order valence-corrected chi connectivity index (χ1v) is 5.48. The summed E-state index contributed by atoms with van der Waals surface area (Å²) in [6.07, 6.45) is 6.89. The number of hydrogen-bond donors (Lipinski definition) is 1. The van der Waals surface area contributed by atoms with Crippen molar-refractivity contribution in [1.29, 1.82) is 0 Å². The third-order valence-electron chi connectivity index (χ3n) is 2.76. The van der Waals surface area contributed by atoms with Gasteiger partial charge in [-0.05, 0) is 36.8 Å². The third kappa shape index (κ3) is 2.11. The Morgan fingerprint density at radius 1 is 1.44 bits per heavy atom. The fourth-order valence-electron chi connectivity index (χ4n) is 1.79. The van der Waals surface area contributed by atoms with Gasteiger partial charge in [0.25, 0.3) is 5.91 Å². The molecular weight excluding hydrogens is 226 g/mol. The van der Waals surface area contributed by atoms with Gasteiger partial charge in [-0.2, -0.15) is 5.10 Å². The van der Waals surface area contributed by atoms with Crippen molar-refractivity contribution in [2.75, 3.05) is 11.9 Å². The van der Waals surface area contributed by atoms with E-state index < -0.39 is 0 Å². The van der Waals surface area contributed by atoms with Gasteiger partial charge >= 0.3 is 0 Å². The van der Waals surface area contributed by atoms with E-state index >= 15 is 0 Å². The maximum atomic E-state index is 12.1. The van der Waals surface area contributed by atoms with Crippen molar-refractivity contribution in [3.05, 3.63) is 47.3 Å². The third-order valence-corrected chi connectivity index (χ3v) is 2.76. The Labute approximate surface area is 106 Å². The molecule has 1 aromatic heterocycles. The molecule has 1 aromatic carbocycles. The number of terminal acetylenes is 1. The second kappa shape index (κ2) is 4.76. The van der Waals surface area contributed by atoms with Crippen LogP contribution in [0.5, 0.6) is 0 Å². The van der Waals surface area contributed by atoms with Gasteiger partial charge in [0.15, 0.2) is 0 Å². The minimum Gasteiger partial charge on any atom is -0.310 e. The molecule has 1 amide bonds. The van der Waals surface area contributed by atoms with E-state index in [2.05, 4.69) is 16.1 Å². The molecule has 0 aliphatic rings. The number of amides is 1. The molecule has 0 bridgehead atoms. The molecule has 0 atom stereocenters. The molecule has 0 radical (unpaired) electrons. The fourth-order valence-corrected chi connectivity index (χ4v) is 1.79. The Balaban J connectivity index is 2.32. The zero-order valence-corrected chi connectivity index (χ0v) is 10.3. The Bertz CT molecular complexity index is 608. The van der Waals surface area contributed by atoms with Gasteiger partial charge in [-0.25, -0.2) is 0 Å². The van der Waals surface area contributed by atoms with Crippen LogP contribution >= 0.6 is 0 Å². The molecule has 0 spiro atoms. The molecule has 0 saturated carbocycles. The van der Waals surface area contributed by atoms with Gasteiger partial charge < -0.3 is 4.90 Å². The number of benzene rings is 1. The summed E-state index contributed by atoms with van der Waals surface area (Å²) in [6.45, 7) is 1.92. The standard InChI is InChI=1S/C14H13N3O/c1-4-11-5-6-13(10(2)9-11)17(3)14(18)12-7-8-15-16-12/h1,5-9H,2-3H3,(H,15,16). The lowest BCUT2D eigenvalue weighted by Gasteiger charge is -2.18. The van der Waals surface area contributed by atoms with Gasteiger partial charge in [-0.3, -0.25) is 9.89 Å². The average molecular weight is 239 g/mol. The summed E-state index contributed by atoms with van der Waals surface area (Å²) in [4.78, 5) is 13.7. The Morgan fingerprint density at radius 2 is 2.22 bits per heavy atom. The molecule has 0 aliphatic heterocycles. The van der Waals surface area contributed by atoms with Gasteiger partial charge in [-0.1, -0.05) is 5.92 Å². The number of H-pyrrole nitrogens is 1. The van der Waals surface area contributed by atoms with Crippen LogP contribution in [0.1, 0.15) is 21.6 Å². The van der Waals surface area contributed by atoms with Crippen LogP contribution in [-0.4, -0.2) is 23.2 Å². The van der Waals surface area contributed by atoms with Crippen LogP contribution in [0.2, 0.25) is 0 Å². The van der Waals surface area contributed by atoms with Crippen molar-refractivity contribution in [3.63, 3.8) is 0 Å². The number of hydrogen-bond acceptors (Lipinski definition) is 2. The van der Waals surface area contributed by atoms with Crippen molar-refractivity contribution in [1.82, 2.24) is 10.2 Å². The number of carbonyl (C=O) groups is 1. The van der Waals surface area contributed by atoms with Crippen LogP contribution in [0.25, 0.3) is 0 Å². The summed E-state index contributed by atoms with van der Waals surface area (Å²) in [6, 6.07) is 7.19. The number of aromatic amines is 1. The monoisotopic (exact) mass is 239 g/mol. The van der Waals surface area contributed by atoms with Crippen molar-refractivity contribution in [2.24, 2.45) is 0 Å². The van der Waals surface area contributed by atoms with E-state index in [0.29, 0.717) is 5.69 Å². The molecule has 18 heavy (non-hydrogen) atoms. The summed E-state index contributed by atoms with van der Waals surface area (Å²) in [5.41, 5.74) is 3.05. The summed E-state index contributed by atoms with van der Waals surface area (Å²) in [5.74, 6) is 2.44. The van der Waals surface area contributed by atoms with Gasteiger partial charge in [-0.15, -0.1) is 6.42 Å². The van der Waals surface area contributed by atoms with E-state index in [4.69, 9.17) is 6.42 Å². The molecule has 0 unspecified atom stereocenters. The number of anilines is 1. The van der Waals surface area contributed by atoms with Gasteiger partial charge in [0.2, 0.25) is 0 Å². The Hall–Kier alpha value is -2.54. The molecule has 2 rings (SSSR count). The zero-order chi connectivity index (χ0) is 13.1. The van der Waals surface area contributed by atoms with E-state index in [1.807, 2.05) is 25.1 Å². The van der Waals surface area contributed by atoms with Crippen molar-refractivity contribution in [2.45, 2.75) is 6.92 Å². The minimum atomic E-state index is -0.135. The molecule has 0 fully saturated rings. The highest BCUT2D eigenvalue weighted by atomic mass is 16.2. The number of nitrogens with one attached hydrogen (secondary N) is 1. The molecule has 1 heterocycles. The van der Waals surface area contributed by atoms with Crippen molar-refractivity contribution >= 4 is 11.6 Å². The second-order valence-electron chi connectivity index (χ2n) is 3.98. The number of nitrogens with zero attached hydrogens (tertiary/aromatic N) is 2. The first kappa shape index (κ1) is 11.9. The quantitative estimate of drug-likeness (QED) is 0.814. The SMILES string of the molecule is C#Cc1ccc(N(C)C(=O)c2ccn[nH]2)c(C)c1. The topological polar surface area (TPSA) is 49.0 Å². The lowest BCUT2D eigenvalue weighted by atomic mass is 10.1. The van der Waals surface area contributed by atoms with Gasteiger partial charge in [0.1, 0.15) is 5.69 Å². The van der Waals surface area contributed by atoms with E-state index in [1.54, 1.807) is 24.2 Å². The van der Waals surface area contributed by atoms with Gasteiger partial charge in [0.05, 0.1) is 0 Å². The first-order chi connectivity index (χ1) is 8.63. The average Bonchev–Trinajstić information content (AvgIpc) is 2.90. The highest BCUT2D eigenvalue weighted by Crippen LogP contribution is 2.21. The molecular formula is C14H13N3O. The summed E-state index contributed by atoms with van der Waals surface area (Å²) in [5, 5.41) is 6.43. The highest BCUT2D eigenvalue weighted by Gasteiger charge is 2.16. The molecule has 1 N–H and O–H groups in total. The number of rotatable bonds is 2. The summed E-state index contributed by atoms with van der Waals surface area (Å²) in [7, 11) is 1.72. The maximum Gasteiger partial charge on any atom is 0.276 e. The molecule has 0 saturated heterocycles. The van der Waals surface area contributed by atoms with Crippen LogP contribution < -0.4 is 4.90 Å².